The summed E-state index contributed by atoms with van der Waals surface area (Å²) in [6.45, 7) is 5.88. The molecule has 6 atom stereocenters. The van der Waals surface area contributed by atoms with Crippen molar-refractivity contribution in [2.24, 2.45) is 11.7 Å². The molecule has 3 aromatic carbocycles. The first-order valence-corrected chi connectivity index (χ1v) is 22.3. The van der Waals surface area contributed by atoms with Gasteiger partial charge in [0.2, 0.25) is 29.5 Å². The maximum absolute atomic E-state index is 14.4. The highest BCUT2D eigenvalue weighted by Gasteiger charge is 2.35. The largest absolute Gasteiger partial charge is 0.508 e. The Morgan fingerprint density at radius 2 is 1.32 bits per heavy atom. The highest BCUT2D eigenvalue weighted by atomic mass is 16.4. The van der Waals surface area contributed by atoms with Crippen LogP contribution in [0.25, 0.3) is 18.2 Å². The lowest BCUT2D eigenvalue weighted by Crippen LogP contribution is -2.61. The van der Waals surface area contributed by atoms with Crippen molar-refractivity contribution in [1.29, 1.82) is 0 Å². The molecule has 0 unspecified atom stereocenters. The van der Waals surface area contributed by atoms with Crippen LogP contribution in [0.5, 0.6) is 5.75 Å². The Morgan fingerprint density at radius 1 is 0.725 bits per heavy atom. The summed E-state index contributed by atoms with van der Waals surface area (Å²) in [4.78, 5) is 107. The Balaban J connectivity index is 1.95. The van der Waals surface area contributed by atoms with E-state index in [1.54, 1.807) is 50.3 Å². The topological polar surface area (TPSA) is 307 Å². The van der Waals surface area contributed by atoms with Gasteiger partial charge in [0.1, 0.15) is 41.7 Å². The number of unbranched alkanes of at least 4 members (excludes halogenated alkanes) is 1. The van der Waals surface area contributed by atoms with Gasteiger partial charge in [0, 0.05) is 19.5 Å². The Morgan fingerprint density at radius 3 is 1.88 bits per heavy atom. The van der Waals surface area contributed by atoms with Crippen molar-refractivity contribution < 1.29 is 58.8 Å². The number of hydrogen-bond acceptors (Lipinski definition) is 11. The van der Waals surface area contributed by atoms with Gasteiger partial charge in [-0.15, -0.1) is 0 Å². The summed E-state index contributed by atoms with van der Waals surface area (Å²) in [7, 11) is 1.23. The van der Waals surface area contributed by atoms with Gasteiger partial charge >= 0.3 is 5.97 Å². The molecule has 0 radical (unpaired) electrons. The van der Waals surface area contributed by atoms with Crippen molar-refractivity contribution in [3.05, 3.63) is 119 Å². The molecule has 3 aromatic rings. The standard InChI is InChI=1S/C50H63N7O12/c1-6-7-9-16-34-17-12-13-18-35(34)21-24-43(62)52-40(29-58)49(67)57(5)41(27-33-19-22-36(60)23-20-33)47(65)54-37(25-30(2)3)45(63)53-38(26-32-14-10-8-11-15-32)46(64)56-44(31(4)59)48(66)55-39(50(68)69)28-42(51)61/h8-24,27,30-31,37-40,44,58-60H,6-7,25-26,28-29H2,1-5H3,(H2,51,61)(H,52,62)(H,53,63)(H,54,65)(H,55,66)(H,56,64)(H,68,69)/b16-9-,24-21+,41-27+/t31-,37-,38+,39-,40-,44-/m0/s1. The van der Waals surface area contributed by atoms with E-state index in [4.69, 9.17) is 5.73 Å². The normalized spacial score (nSPS) is 14.2. The maximum Gasteiger partial charge on any atom is 0.326 e. The van der Waals surface area contributed by atoms with Gasteiger partial charge in [-0.2, -0.15) is 0 Å². The van der Waals surface area contributed by atoms with Crippen molar-refractivity contribution >= 4 is 65.5 Å². The van der Waals surface area contributed by atoms with E-state index in [-0.39, 0.29) is 30.2 Å². The fourth-order valence-electron chi connectivity index (χ4n) is 6.75. The highest BCUT2D eigenvalue weighted by molar-refractivity contribution is 6.05. The summed E-state index contributed by atoms with van der Waals surface area (Å²) in [5.74, 6) is -8.58. The van der Waals surface area contributed by atoms with Crippen molar-refractivity contribution in [2.45, 2.75) is 96.1 Å². The van der Waals surface area contributed by atoms with Gasteiger partial charge in [-0.25, -0.2) is 4.79 Å². The van der Waals surface area contributed by atoms with Gasteiger partial charge in [0.15, 0.2) is 0 Å². The van der Waals surface area contributed by atoms with Crippen LogP contribution >= 0.6 is 0 Å². The summed E-state index contributed by atoms with van der Waals surface area (Å²) in [5.41, 5.74) is 7.27. The third-order valence-electron chi connectivity index (χ3n) is 10.4. The fraction of sp³-hybridized carbons (Fsp3) is 0.360. The number of phenolic OH excluding ortho intramolecular Hbond substituents is 1. The fourth-order valence-corrected chi connectivity index (χ4v) is 6.75. The van der Waals surface area contributed by atoms with Gasteiger partial charge in [-0.1, -0.05) is 106 Å². The van der Waals surface area contributed by atoms with E-state index >= 15 is 0 Å². The average Bonchev–Trinajstić information content (AvgIpc) is 3.30. The van der Waals surface area contributed by atoms with E-state index in [9.17, 15) is 58.8 Å². The highest BCUT2D eigenvalue weighted by Crippen LogP contribution is 2.18. The van der Waals surface area contributed by atoms with Crippen LogP contribution in [-0.2, 0) is 44.8 Å². The van der Waals surface area contributed by atoms with Crippen molar-refractivity contribution in [3.8, 4) is 5.75 Å². The Labute approximate surface area is 400 Å². The molecule has 19 heteroatoms. The minimum atomic E-state index is -1.78. The van der Waals surface area contributed by atoms with Gasteiger partial charge in [-0.3, -0.25) is 33.6 Å². The number of nitrogens with zero attached hydrogens (tertiary/aromatic N) is 1. The number of rotatable bonds is 26. The first kappa shape index (κ1) is 55.7. The van der Waals surface area contributed by atoms with Crippen LogP contribution in [-0.4, -0.2) is 123 Å². The Kier molecular flexibility index (Phi) is 22.5. The molecule has 0 saturated carbocycles. The zero-order chi connectivity index (χ0) is 51.2. The molecule has 19 nitrogen and oxygen atoms in total. The number of carboxylic acid groups (broad SMARTS) is 1. The summed E-state index contributed by atoms with van der Waals surface area (Å²) >= 11 is 0. The quantitative estimate of drug-likeness (QED) is 0.0515. The SMILES string of the molecule is CCC/C=C\c1ccccc1/C=C/C(=O)N[C@@H](CO)C(=O)N(C)/C(=C/c1ccc(O)cc1)C(=O)N[C@@H](CC(C)C)C(=O)N[C@H](Cc1ccccc1)C(=O)N[C@H](C(=O)N[C@@H](CC(N)=O)C(=O)O)[C@H](C)O. The third-order valence-corrected chi connectivity index (χ3v) is 10.4. The minimum absolute atomic E-state index is 0.00424. The lowest BCUT2D eigenvalue weighted by molar-refractivity contribution is -0.144. The third kappa shape index (κ3) is 18.5. The molecule has 0 aliphatic heterocycles. The summed E-state index contributed by atoms with van der Waals surface area (Å²) in [6, 6.07) is 13.4. The first-order valence-electron chi connectivity index (χ1n) is 22.3. The molecule has 3 rings (SSSR count). The number of hydrogen-bond donors (Lipinski definition) is 10. The lowest BCUT2D eigenvalue weighted by Gasteiger charge is -2.29. The molecule has 0 aliphatic rings. The number of primary amides is 1. The number of aliphatic carboxylic acids is 1. The molecular weight excluding hydrogens is 891 g/mol. The lowest BCUT2D eigenvalue weighted by atomic mass is 10.00. The number of carboxylic acids is 1. The predicted molar refractivity (Wildman–Crippen MR) is 258 cm³/mol. The van der Waals surface area contributed by atoms with Crippen LogP contribution < -0.4 is 32.3 Å². The van der Waals surface area contributed by atoms with Crippen LogP contribution in [0.1, 0.15) is 75.6 Å². The number of phenols is 1. The molecule has 7 amide bonds. The van der Waals surface area contributed by atoms with Crippen LogP contribution in [0.4, 0.5) is 0 Å². The molecule has 11 N–H and O–H groups in total. The molecule has 0 saturated heterocycles. The second kappa shape index (κ2) is 27.9. The van der Waals surface area contributed by atoms with Crippen molar-refractivity contribution in [1.82, 2.24) is 31.5 Å². The van der Waals surface area contributed by atoms with Crippen LogP contribution in [0.15, 0.2) is 96.7 Å². The van der Waals surface area contributed by atoms with E-state index < -0.39 is 96.7 Å². The monoisotopic (exact) mass is 953 g/mol. The first-order chi connectivity index (χ1) is 32.7. The van der Waals surface area contributed by atoms with Gasteiger partial charge in [0.05, 0.1) is 19.1 Å². The van der Waals surface area contributed by atoms with E-state index in [1.807, 2.05) is 36.4 Å². The maximum atomic E-state index is 14.4. The predicted octanol–water partition coefficient (Wildman–Crippen LogP) is 1.76. The average molecular weight is 954 g/mol. The van der Waals surface area contributed by atoms with E-state index in [1.165, 1.54) is 43.5 Å². The Hall–Kier alpha value is -7.64. The van der Waals surface area contributed by atoms with Gasteiger partial charge < -0.3 is 57.6 Å². The second-order valence-corrected chi connectivity index (χ2v) is 16.6. The number of allylic oxidation sites excluding steroid dienone is 1. The van der Waals surface area contributed by atoms with E-state index in [0.29, 0.717) is 11.1 Å². The van der Waals surface area contributed by atoms with Crippen LogP contribution in [0.3, 0.4) is 0 Å². The van der Waals surface area contributed by atoms with Gasteiger partial charge in [0.25, 0.3) is 11.8 Å². The number of benzene rings is 3. The number of carbonyl (C=O) groups excluding carboxylic acids is 7. The number of amides is 7. The number of aliphatic hydroxyl groups is 2. The zero-order valence-electron chi connectivity index (χ0n) is 39.3. The van der Waals surface area contributed by atoms with E-state index in [0.717, 1.165) is 35.8 Å². The molecule has 0 aromatic heterocycles. The molecule has 0 spiro atoms. The summed E-state index contributed by atoms with van der Waals surface area (Å²) < 4.78 is 0. The van der Waals surface area contributed by atoms with Crippen molar-refractivity contribution in [3.63, 3.8) is 0 Å². The number of likely N-dealkylation sites (N-methyl/N-ethyl adjacent to an activating group) is 1. The van der Waals surface area contributed by atoms with Gasteiger partial charge in [-0.05, 0) is 72.2 Å². The number of nitrogens with two attached hydrogens (primary N) is 1. The number of carbonyl (C=O) groups is 8. The van der Waals surface area contributed by atoms with Crippen molar-refractivity contribution in [2.75, 3.05) is 13.7 Å². The van der Waals surface area contributed by atoms with E-state index in [2.05, 4.69) is 33.5 Å². The molecule has 370 valence electrons. The molecule has 0 heterocycles. The minimum Gasteiger partial charge on any atom is -0.508 e. The molecule has 0 fully saturated rings. The molecule has 69 heavy (non-hydrogen) atoms. The number of aliphatic hydroxyl groups excluding tert-OH is 2. The molecule has 0 aliphatic carbocycles. The van der Waals surface area contributed by atoms with Crippen LogP contribution in [0, 0.1) is 5.92 Å². The number of nitrogens with one attached hydrogen (secondary N) is 5. The second-order valence-electron chi connectivity index (χ2n) is 16.6. The Bertz CT molecular complexity index is 2350. The summed E-state index contributed by atoms with van der Waals surface area (Å²) in [5, 5.41) is 52.5. The number of aromatic hydroxyl groups is 1. The zero-order valence-corrected chi connectivity index (χ0v) is 39.3. The van der Waals surface area contributed by atoms with Crippen LogP contribution in [0.2, 0.25) is 0 Å². The summed E-state index contributed by atoms with van der Waals surface area (Å²) in [6.07, 6.45) is 7.29. The molecular formula is C50H63N7O12. The molecule has 0 bridgehead atoms. The smallest absolute Gasteiger partial charge is 0.326 e.